The maximum Gasteiger partial charge on any atom is 0.257 e. The van der Waals surface area contributed by atoms with E-state index in [2.05, 4.69) is 25.0 Å². The molecule has 0 saturated carbocycles. The van der Waals surface area contributed by atoms with Gasteiger partial charge in [0.05, 0.1) is 5.69 Å². The first-order chi connectivity index (χ1) is 13.5. The van der Waals surface area contributed by atoms with Crippen LogP contribution in [0.25, 0.3) is 17.2 Å². The Kier molecular flexibility index (Phi) is 4.62. The lowest BCUT2D eigenvalue weighted by atomic mass is 10.2. The first-order valence-electron chi connectivity index (χ1n) is 8.11. The van der Waals surface area contributed by atoms with Gasteiger partial charge in [-0.1, -0.05) is 23.4 Å². The highest BCUT2D eigenvalue weighted by molar-refractivity contribution is 7.10. The molecule has 0 aliphatic carbocycles. The van der Waals surface area contributed by atoms with Crippen LogP contribution in [-0.2, 0) is 0 Å². The number of anilines is 1. The summed E-state index contributed by atoms with van der Waals surface area (Å²) in [6, 6.07) is 11.9. The average Bonchev–Trinajstić information content (AvgIpc) is 3.29. The number of aromatic nitrogens is 5. The van der Waals surface area contributed by atoms with Crippen molar-refractivity contribution in [2.45, 2.75) is 6.92 Å². The molecule has 2 aromatic heterocycles. The van der Waals surface area contributed by atoms with E-state index in [-0.39, 0.29) is 17.4 Å². The zero-order valence-corrected chi connectivity index (χ0v) is 15.2. The minimum Gasteiger partial charge on any atom is -0.297 e. The maximum atomic E-state index is 14.0. The first-order valence-corrected chi connectivity index (χ1v) is 8.88. The molecule has 7 nitrogen and oxygen atoms in total. The van der Waals surface area contributed by atoms with Gasteiger partial charge in [0, 0.05) is 23.2 Å². The fourth-order valence-electron chi connectivity index (χ4n) is 2.55. The Balaban J connectivity index is 1.59. The molecule has 0 spiro atoms. The van der Waals surface area contributed by atoms with E-state index in [4.69, 9.17) is 0 Å². The van der Waals surface area contributed by atoms with Gasteiger partial charge in [0.15, 0.2) is 17.3 Å². The largest absolute Gasteiger partial charge is 0.297 e. The Hall–Kier alpha value is -3.53. The minimum absolute atomic E-state index is 0.0606. The number of benzene rings is 2. The number of amides is 1. The van der Waals surface area contributed by atoms with Crippen LogP contribution in [0, 0.1) is 18.6 Å². The average molecular weight is 398 g/mol. The number of hydrogen-bond acceptors (Lipinski definition) is 6. The van der Waals surface area contributed by atoms with E-state index >= 15 is 0 Å². The molecule has 2 heterocycles. The Morgan fingerprint density at radius 3 is 2.68 bits per heavy atom. The van der Waals surface area contributed by atoms with Crippen molar-refractivity contribution >= 4 is 22.6 Å². The van der Waals surface area contributed by atoms with Crippen molar-refractivity contribution < 1.29 is 13.6 Å². The summed E-state index contributed by atoms with van der Waals surface area (Å²) >= 11 is 0.993. The SMILES string of the molecule is Cc1c(-c2nsc(NC(=O)c3ccccc3)n2)nnn1-c1ccc(F)cc1F. The van der Waals surface area contributed by atoms with E-state index in [1.807, 2.05) is 6.07 Å². The number of nitrogens with zero attached hydrogens (tertiary/aromatic N) is 5. The van der Waals surface area contributed by atoms with Crippen molar-refractivity contribution in [1.82, 2.24) is 24.4 Å². The Bertz CT molecular complexity index is 1160. The second-order valence-electron chi connectivity index (χ2n) is 5.77. The summed E-state index contributed by atoms with van der Waals surface area (Å²) in [4.78, 5) is 16.5. The molecule has 0 atom stereocenters. The predicted octanol–water partition coefficient (Wildman–Crippen LogP) is 3.62. The number of hydrogen-bond donors (Lipinski definition) is 1. The van der Waals surface area contributed by atoms with E-state index in [1.165, 1.54) is 10.7 Å². The lowest BCUT2D eigenvalue weighted by Gasteiger charge is -2.04. The zero-order valence-electron chi connectivity index (χ0n) is 14.4. The van der Waals surface area contributed by atoms with Gasteiger partial charge in [-0.05, 0) is 31.2 Å². The molecule has 10 heteroatoms. The first kappa shape index (κ1) is 17.9. The van der Waals surface area contributed by atoms with Gasteiger partial charge in [-0.15, -0.1) is 5.10 Å². The van der Waals surface area contributed by atoms with Crippen molar-refractivity contribution in [3.05, 3.63) is 71.4 Å². The number of nitrogens with one attached hydrogen (secondary N) is 1. The Morgan fingerprint density at radius 2 is 1.93 bits per heavy atom. The van der Waals surface area contributed by atoms with Crippen LogP contribution in [0.4, 0.5) is 13.9 Å². The molecule has 140 valence electrons. The van der Waals surface area contributed by atoms with Crippen molar-refractivity contribution in [3.8, 4) is 17.2 Å². The summed E-state index contributed by atoms with van der Waals surface area (Å²) in [6.45, 7) is 1.67. The molecule has 0 unspecified atom stereocenters. The second kappa shape index (κ2) is 7.24. The van der Waals surface area contributed by atoms with Gasteiger partial charge < -0.3 is 0 Å². The molecular formula is C18H12F2N6OS. The molecule has 4 rings (SSSR count). The topological polar surface area (TPSA) is 85.6 Å². The molecule has 0 aliphatic heterocycles. The molecule has 4 aromatic rings. The highest BCUT2D eigenvalue weighted by atomic mass is 32.1. The lowest BCUT2D eigenvalue weighted by molar-refractivity contribution is 0.102. The summed E-state index contributed by atoms with van der Waals surface area (Å²) in [5.41, 5.74) is 1.36. The molecule has 2 aromatic carbocycles. The molecule has 1 N–H and O–H groups in total. The van der Waals surface area contributed by atoms with E-state index < -0.39 is 11.6 Å². The molecule has 0 aliphatic rings. The monoisotopic (exact) mass is 398 g/mol. The van der Waals surface area contributed by atoms with Gasteiger partial charge in [-0.25, -0.2) is 13.5 Å². The molecule has 28 heavy (non-hydrogen) atoms. The van der Waals surface area contributed by atoms with Crippen LogP contribution in [0.2, 0.25) is 0 Å². The van der Waals surface area contributed by atoms with Gasteiger partial charge >= 0.3 is 0 Å². The number of carbonyl (C=O) groups excluding carboxylic acids is 1. The van der Waals surface area contributed by atoms with Gasteiger partial charge in [-0.2, -0.15) is 9.36 Å². The van der Waals surface area contributed by atoms with Crippen molar-refractivity contribution in [1.29, 1.82) is 0 Å². The standard InChI is InChI=1S/C18H12F2N6OS/c1-10-15(23-25-26(10)14-8-7-12(19)9-13(14)20)16-21-18(28-24-16)22-17(27)11-5-3-2-4-6-11/h2-9H,1H3,(H,21,22,24,27). The number of halogens is 2. The van der Waals surface area contributed by atoms with Crippen LogP contribution < -0.4 is 5.32 Å². The summed E-state index contributed by atoms with van der Waals surface area (Å²) in [7, 11) is 0. The zero-order chi connectivity index (χ0) is 19.7. The van der Waals surface area contributed by atoms with Crippen molar-refractivity contribution in [2.24, 2.45) is 0 Å². The number of carbonyl (C=O) groups is 1. The molecule has 0 bridgehead atoms. The molecular weight excluding hydrogens is 386 g/mol. The maximum absolute atomic E-state index is 14.0. The van der Waals surface area contributed by atoms with Gasteiger partial charge in [0.25, 0.3) is 5.91 Å². The highest BCUT2D eigenvalue weighted by Gasteiger charge is 2.19. The summed E-state index contributed by atoms with van der Waals surface area (Å²) in [6.07, 6.45) is 0. The highest BCUT2D eigenvalue weighted by Crippen LogP contribution is 2.25. The third-order valence-electron chi connectivity index (χ3n) is 3.93. The molecule has 0 fully saturated rings. The predicted molar refractivity (Wildman–Crippen MR) is 99.3 cm³/mol. The fraction of sp³-hybridized carbons (Fsp3) is 0.0556. The third kappa shape index (κ3) is 3.37. The van der Waals surface area contributed by atoms with Crippen LogP contribution in [0.3, 0.4) is 0 Å². The summed E-state index contributed by atoms with van der Waals surface area (Å²) in [5, 5.41) is 10.9. The van der Waals surface area contributed by atoms with Crippen LogP contribution in [0.5, 0.6) is 0 Å². The second-order valence-corrected chi connectivity index (χ2v) is 6.53. The quantitative estimate of drug-likeness (QED) is 0.567. The number of rotatable bonds is 4. The van der Waals surface area contributed by atoms with Gasteiger partial charge in [0.1, 0.15) is 11.5 Å². The Labute approximate surface area is 161 Å². The third-order valence-corrected chi connectivity index (χ3v) is 4.56. The molecule has 0 saturated heterocycles. The summed E-state index contributed by atoms with van der Waals surface area (Å²) in [5.74, 6) is -1.50. The van der Waals surface area contributed by atoms with E-state index in [1.54, 1.807) is 31.2 Å². The van der Waals surface area contributed by atoms with E-state index in [0.29, 0.717) is 22.1 Å². The minimum atomic E-state index is -0.762. The van der Waals surface area contributed by atoms with Crippen molar-refractivity contribution in [2.75, 3.05) is 5.32 Å². The van der Waals surface area contributed by atoms with E-state index in [9.17, 15) is 13.6 Å². The van der Waals surface area contributed by atoms with Gasteiger partial charge in [0.2, 0.25) is 5.13 Å². The lowest BCUT2D eigenvalue weighted by Crippen LogP contribution is -2.11. The fourth-order valence-corrected chi connectivity index (χ4v) is 3.11. The Morgan fingerprint density at radius 1 is 1.14 bits per heavy atom. The van der Waals surface area contributed by atoms with Crippen LogP contribution in [-0.4, -0.2) is 30.3 Å². The van der Waals surface area contributed by atoms with E-state index in [0.717, 1.165) is 23.7 Å². The molecule has 1 amide bonds. The van der Waals surface area contributed by atoms with Gasteiger partial charge in [-0.3, -0.25) is 10.1 Å². The van der Waals surface area contributed by atoms with Crippen LogP contribution >= 0.6 is 11.5 Å². The molecule has 0 radical (unpaired) electrons. The van der Waals surface area contributed by atoms with Crippen molar-refractivity contribution in [3.63, 3.8) is 0 Å². The summed E-state index contributed by atoms with van der Waals surface area (Å²) < 4.78 is 32.6. The normalized spacial score (nSPS) is 10.8. The van der Waals surface area contributed by atoms with Crippen LogP contribution in [0.15, 0.2) is 48.5 Å². The smallest absolute Gasteiger partial charge is 0.257 e. The van der Waals surface area contributed by atoms with Crippen LogP contribution in [0.1, 0.15) is 16.1 Å².